The smallest absolute Gasteiger partial charge is 0.255 e. The topological polar surface area (TPSA) is 40.5 Å². The number of carbonyl (C=O) groups is 1. The minimum absolute atomic E-state index is 0.0335. The van der Waals surface area contributed by atoms with Crippen molar-refractivity contribution < 1.29 is 9.90 Å². The molecule has 0 spiro atoms. The summed E-state index contributed by atoms with van der Waals surface area (Å²) in [4.78, 5) is 14.4. The van der Waals surface area contributed by atoms with Crippen molar-refractivity contribution in [3.8, 4) is 0 Å². The van der Waals surface area contributed by atoms with Crippen molar-refractivity contribution in [2.45, 2.75) is 26.3 Å². The SMILES string of the molecule is Cc1cccc(C(=O)N2CCC(C)C2CO)c1I. The fraction of sp³-hybridized carbons (Fsp3) is 0.500. The molecule has 1 aromatic rings. The molecule has 2 atom stereocenters. The molecule has 1 N–H and O–H groups in total. The molecular weight excluding hydrogens is 341 g/mol. The lowest BCUT2D eigenvalue weighted by atomic mass is 10.0. The zero-order valence-corrected chi connectivity index (χ0v) is 12.8. The molecular formula is C14H18INO2. The van der Waals surface area contributed by atoms with Gasteiger partial charge in [0.15, 0.2) is 0 Å². The number of carbonyl (C=O) groups excluding carboxylic acids is 1. The molecule has 0 bridgehead atoms. The van der Waals surface area contributed by atoms with Gasteiger partial charge in [0.25, 0.3) is 5.91 Å². The first-order chi connectivity index (χ1) is 8.56. The van der Waals surface area contributed by atoms with E-state index in [0.717, 1.165) is 27.7 Å². The monoisotopic (exact) mass is 359 g/mol. The molecule has 1 aliphatic rings. The number of aliphatic hydroxyl groups excluding tert-OH is 1. The van der Waals surface area contributed by atoms with Crippen LogP contribution >= 0.6 is 22.6 Å². The molecule has 98 valence electrons. The largest absolute Gasteiger partial charge is 0.394 e. The molecule has 4 heteroatoms. The molecule has 1 heterocycles. The van der Waals surface area contributed by atoms with Crippen molar-refractivity contribution in [1.29, 1.82) is 0 Å². The van der Waals surface area contributed by atoms with E-state index < -0.39 is 0 Å². The Balaban J connectivity index is 2.29. The van der Waals surface area contributed by atoms with Crippen molar-refractivity contribution >= 4 is 28.5 Å². The summed E-state index contributed by atoms with van der Waals surface area (Å²) in [5.41, 5.74) is 1.87. The highest BCUT2D eigenvalue weighted by Crippen LogP contribution is 2.27. The van der Waals surface area contributed by atoms with Crippen molar-refractivity contribution in [1.82, 2.24) is 4.90 Å². The van der Waals surface area contributed by atoms with E-state index in [4.69, 9.17) is 0 Å². The first-order valence-corrected chi connectivity index (χ1v) is 7.31. The molecule has 1 amide bonds. The highest BCUT2D eigenvalue weighted by atomic mass is 127. The van der Waals surface area contributed by atoms with Gasteiger partial charge in [0.1, 0.15) is 0 Å². The van der Waals surface area contributed by atoms with Gasteiger partial charge in [-0.05, 0) is 53.5 Å². The highest BCUT2D eigenvalue weighted by molar-refractivity contribution is 14.1. The Morgan fingerprint density at radius 2 is 2.28 bits per heavy atom. The van der Waals surface area contributed by atoms with Gasteiger partial charge in [-0.1, -0.05) is 19.1 Å². The third-order valence-corrected chi connectivity index (χ3v) is 5.18. The first kappa shape index (κ1) is 13.8. The average molecular weight is 359 g/mol. The van der Waals surface area contributed by atoms with E-state index in [1.54, 1.807) is 0 Å². The fourth-order valence-electron chi connectivity index (χ4n) is 2.51. The molecule has 2 unspecified atom stereocenters. The number of hydrogen-bond acceptors (Lipinski definition) is 2. The lowest BCUT2D eigenvalue weighted by molar-refractivity contribution is 0.0647. The van der Waals surface area contributed by atoms with E-state index in [0.29, 0.717) is 5.92 Å². The summed E-state index contributed by atoms with van der Waals surface area (Å²) in [7, 11) is 0. The van der Waals surface area contributed by atoms with Gasteiger partial charge in [0.2, 0.25) is 0 Å². The second-order valence-corrected chi connectivity index (χ2v) is 6.03. The van der Waals surface area contributed by atoms with Crippen LogP contribution in [0.25, 0.3) is 0 Å². The van der Waals surface area contributed by atoms with Crippen LogP contribution in [0.2, 0.25) is 0 Å². The Morgan fingerprint density at radius 3 is 2.94 bits per heavy atom. The maximum atomic E-state index is 12.5. The lowest BCUT2D eigenvalue weighted by Gasteiger charge is -2.25. The van der Waals surface area contributed by atoms with Crippen LogP contribution in [0.15, 0.2) is 18.2 Å². The molecule has 1 aromatic carbocycles. The quantitative estimate of drug-likeness (QED) is 0.825. The van der Waals surface area contributed by atoms with Gasteiger partial charge in [-0.2, -0.15) is 0 Å². The Labute approximate surface area is 121 Å². The number of hydrogen-bond donors (Lipinski definition) is 1. The van der Waals surface area contributed by atoms with Crippen molar-refractivity contribution in [3.05, 3.63) is 32.9 Å². The molecule has 2 rings (SSSR count). The molecule has 1 saturated heterocycles. The van der Waals surface area contributed by atoms with Gasteiger partial charge in [0, 0.05) is 10.1 Å². The summed E-state index contributed by atoms with van der Waals surface area (Å²) >= 11 is 2.22. The predicted molar refractivity (Wildman–Crippen MR) is 79.6 cm³/mol. The standard InChI is InChI=1S/C14H18INO2/c1-9-6-7-16(12(9)8-17)14(18)11-5-3-4-10(2)13(11)15/h3-5,9,12,17H,6-8H2,1-2H3. The van der Waals surface area contributed by atoms with Crippen molar-refractivity contribution in [2.75, 3.05) is 13.2 Å². The van der Waals surface area contributed by atoms with E-state index >= 15 is 0 Å². The van der Waals surface area contributed by atoms with E-state index in [9.17, 15) is 9.90 Å². The van der Waals surface area contributed by atoms with Crippen molar-refractivity contribution in [2.24, 2.45) is 5.92 Å². The van der Waals surface area contributed by atoms with Crippen molar-refractivity contribution in [3.63, 3.8) is 0 Å². The molecule has 1 fully saturated rings. The summed E-state index contributed by atoms with van der Waals surface area (Å²) in [5.74, 6) is 0.424. The maximum Gasteiger partial charge on any atom is 0.255 e. The Bertz CT molecular complexity index is 461. The molecule has 18 heavy (non-hydrogen) atoms. The van der Waals surface area contributed by atoms with Gasteiger partial charge in [0.05, 0.1) is 18.2 Å². The fourth-order valence-corrected chi connectivity index (χ4v) is 3.10. The van der Waals surface area contributed by atoms with Crippen LogP contribution in [0.1, 0.15) is 29.3 Å². The van der Waals surface area contributed by atoms with Crippen LogP contribution in [-0.2, 0) is 0 Å². The van der Waals surface area contributed by atoms with Gasteiger partial charge in [-0.3, -0.25) is 4.79 Å². The number of amides is 1. The minimum Gasteiger partial charge on any atom is -0.394 e. The van der Waals surface area contributed by atoms with E-state index in [1.165, 1.54) is 0 Å². The number of aryl methyl sites for hydroxylation is 1. The third-order valence-electron chi connectivity index (χ3n) is 3.75. The predicted octanol–water partition coefficient (Wildman–Crippen LogP) is 2.44. The molecule has 0 aromatic heterocycles. The second-order valence-electron chi connectivity index (χ2n) is 4.95. The molecule has 1 aliphatic heterocycles. The Kier molecular flexibility index (Phi) is 4.27. The number of nitrogens with zero attached hydrogens (tertiary/aromatic N) is 1. The second kappa shape index (κ2) is 5.57. The van der Waals surface area contributed by atoms with Gasteiger partial charge >= 0.3 is 0 Å². The van der Waals surface area contributed by atoms with Gasteiger partial charge in [-0.25, -0.2) is 0 Å². The summed E-state index contributed by atoms with van der Waals surface area (Å²) in [6, 6.07) is 5.76. The maximum absolute atomic E-state index is 12.5. The molecule has 0 aliphatic carbocycles. The number of rotatable bonds is 2. The van der Waals surface area contributed by atoms with Crippen LogP contribution < -0.4 is 0 Å². The van der Waals surface area contributed by atoms with Gasteiger partial charge in [-0.15, -0.1) is 0 Å². The van der Waals surface area contributed by atoms with E-state index in [2.05, 4.69) is 29.5 Å². The summed E-state index contributed by atoms with van der Waals surface area (Å²) in [5, 5.41) is 9.43. The van der Waals surface area contributed by atoms with Gasteiger partial charge < -0.3 is 10.0 Å². The van der Waals surface area contributed by atoms with E-state index in [-0.39, 0.29) is 18.6 Å². The molecule has 0 radical (unpaired) electrons. The summed E-state index contributed by atoms with van der Waals surface area (Å²) in [6.45, 7) is 4.90. The van der Waals surface area contributed by atoms with Crippen LogP contribution in [0.5, 0.6) is 0 Å². The lowest BCUT2D eigenvalue weighted by Crippen LogP contribution is -2.40. The average Bonchev–Trinajstić information content (AvgIpc) is 2.73. The third kappa shape index (κ3) is 2.40. The summed E-state index contributed by atoms with van der Waals surface area (Å²) < 4.78 is 1.01. The molecule has 0 saturated carbocycles. The zero-order valence-electron chi connectivity index (χ0n) is 10.7. The normalized spacial score (nSPS) is 23.4. The minimum atomic E-state index is -0.0335. The first-order valence-electron chi connectivity index (χ1n) is 6.23. The van der Waals surface area contributed by atoms with Crippen LogP contribution in [-0.4, -0.2) is 35.1 Å². The Hall–Kier alpha value is -0.620. The number of aliphatic hydroxyl groups is 1. The van der Waals surface area contributed by atoms with Crippen LogP contribution in [0.4, 0.5) is 0 Å². The highest BCUT2D eigenvalue weighted by Gasteiger charge is 2.34. The molecule has 3 nitrogen and oxygen atoms in total. The van der Waals surface area contributed by atoms with Crippen LogP contribution in [0, 0.1) is 16.4 Å². The summed E-state index contributed by atoms with van der Waals surface area (Å²) in [6.07, 6.45) is 0.972. The van der Waals surface area contributed by atoms with Crippen LogP contribution in [0.3, 0.4) is 0 Å². The number of benzene rings is 1. The number of halogens is 1. The zero-order chi connectivity index (χ0) is 13.3. The van der Waals surface area contributed by atoms with E-state index in [1.807, 2.05) is 30.0 Å². The Morgan fingerprint density at radius 1 is 1.56 bits per heavy atom. The number of likely N-dealkylation sites (tertiary alicyclic amines) is 1.